The van der Waals surface area contributed by atoms with Crippen molar-refractivity contribution in [1.82, 2.24) is 5.43 Å². The maximum absolute atomic E-state index is 13.0. The van der Waals surface area contributed by atoms with E-state index in [-0.39, 0.29) is 30.6 Å². The van der Waals surface area contributed by atoms with Crippen LogP contribution in [0.3, 0.4) is 0 Å². The Morgan fingerprint density at radius 1 is 1.26 bits per heavy atom. The number of nitrogens with one attached hydrogen (secondary N) is 1. The van der Waals surface area contributed by atoms with Gasteiger partial charge in [-0.15, -0.1) is 0 Å². The summed E-state index contributed by atoms with van der Waals surface area (Å²) in [6.45, 7) is 2.75. The van der Waals surface area contributed by atoms with Crippen molar-refractivity contribution >= 4 is 23.7 Å². The van der Waals surface area contributed by atoms with Crippen LogP contribution in [0.1, 0.15) is 18.9 Å². The molecule has 2 amide bonds. The average molecular weight is 369 g/mol. The molecule has 2 aromatic rings. The van der Waals surface area contributed by atoms with E-state index >= 15 is 0 Å². The summed E-state index contributed by atoms with van der Waals surface area (Å²) in [5.41, 5.74) is 3.87. The molecule has 1 N–H and O–H groups in total. The molecule has 0 bridgehead atoms. The quantitative estimate of drug-likeness (QED) is 0.629. The van der Waals surface area contributed by atoms with Crippen LogP contribution in [0, 0.1) is 11.7 Å². The Morgan fingerprint density at radius 2 is 1.96 bits per heavy atom. The summed E-state index contributed by atoms with van der Waals surface area (Å²) in [6.07, 6.45) is 1.63. The summed E-state index contributed by atoms with van der Waals surface area (Å²) in [6, 6.07) is 12.9. The van der Waals surface area contributed by atoms with E-state index < -0.39 is 5.92 Å². The van der Waals surface area contributed by atoms with Gasteiger partial charge in [0.05, 0.1) is 18.7 Å². The first kappa shape index (κ1) is 18.6. The summed E-state index contributed by atoms with van der Waals surface area (Å²) in [5.74, 6) is -0.597. The lowest BCUT2D eigenvalue weighted by atomic mass is 10.1. The molecular formula is C20H20FN3O3. The highest BCUT2D eigenvalue weighted by atomic mass is 19.1. The predicted molar refractivity (Wildman–Crippen MR) is 100 cm³/mol. The number of ether oxygens (including phenoxy) is 1. The number of carbonyl (C=O) groups is 2. The van der Waals surface area contributed by atoms with Gasteiger partial charge in [-0.3, -0.25) is 9.59 Å². The van der Waals surface area contributed by atoms with Gasteiger partial charge in [-0.2, -0.15) is 5.10 Å². The fourth-order valence-electron chi connectivity index (χ4n) is 2.83. The fraction of sp³-hybridized carbons (Fsp3) is 0.250. The van der Waals surface area contributed by atoms with Crippen LogP contribution in [0.2, 0.25) is 0 Å². The molecule has 0 aliphatic carbocycles. The molecule has 1 aliphatic heterocycles. The highest BCUT2D eigenvalue weighted by Crippen LogP contribution is 2.25. The Bertz CT molecular complexity index is 835. The van der Waals surface area contributed by atoms with E-state index in [4.69, 9.17) is 4.74 Å². The number of anilines is 1. The number of rotatable bonds is 6. The molecule has 7 heteroatoms. The first-order valence-corrected chi connectivity index (χ1v) is 8.68. The lowest BCUT2D eigenvalue weighted by Crippen LogP contribution is -2.30. The number of amides is 2. The summed E-state index contributed by atoms with van der Waals surface area (Å²) >= 11 is 0. The lowest BCUT2D eigenvalue weighted by molar-refractivity contribution is -0.126. The third-order valence-corrected chi connectivity index (χ3v) is 4.21. The minimum atomic E-state index is -0.500. The van der Waals surface area contributed by atoms with Gasteiger partial charge in [0, 0.05) is 18.7 Å². The SMILES string of the molecule is CCOc1ccc(/C=N\NC(=O)[C@H]2CC(=O)N(c3ccc(F)cc3)C2)cc1. The van der Waals surface area contributed by atoms with E-state index in [9.17, 15) is 14.0 Å². The Hall–Kier alpha value is -3.22. The number of hydrogen-bond donors (Lipinski definition) is 1. The largest absolute Gasteiger partial charge is 0.494 e. The van der Waals surface area contributed by atoms with E-state index in [1.807, 2.05) is 31.2 Å². The molecule has 1 heterocycles. The van der Waals surface area contributed by atoms with Gasteiger partial charge in [-0.05, 0) is 61.0 Å². The van der Waals surface area contributed by atoms with E-state index in [1.54, 1.807) is 0 Å². The number of hydrogen-bond acceptors (Lipinski definition) is 4. The zero-order chi connectivity index (χ0) is 19.2. The van der Waals surface area contributed by atoms with Crippen LogP contribution in [0.4, 0.5) is 10.1 Å². The molecule has 3 rings (SSSR count). The zero-order valence-corrected chi connectivity index (χ0v) is 14.9. The van der Waals surface area contributed by atoms with Crippen molar-refractivity contribution in [2.75, 3.05) is 18.1 Å². The molecule has 0 aromatic heterocycles. The predicted octanol–water partition coefficient (Wildman–Crippen LogP) is 2.73. The summed E-state index contributed by atoms with van der Waals surface area (Å²) in [7, 11) is 0. The molecule has 1 saturated heterocycles. The molecule has 0 saturated carbocycles. The highest BCUT2D eigenvalue weighted by molar-refractivity contribution is 6.00. The van der Waals surface area contributed by atoms with Crippen molar-refractivity contribution in [2.24, 2.45) is 11.0 Å². The van der Waals surface area contributed by atoms with Crippen molar-refractivity contribution in [1.29, 1.82) is 0 Å². The molecule has 140 valence electrons. The van der Waals surface area contributed by atoms with Gasteiger partial charge in [-0.25, -0.2) is 9.82 Å². The maximum Gasteiger partial charge on any atom is 0.245 e. The second kappa shape index (κ2) is 8.44. The minimum Gasteiger partial charge on any atom is -0.494 e. The molecule has 1 atom stereocenters. The van der Waals surface area contributed by atoms with E-state index in [0.29, 0.717) is 12.3 Å². The van der Waals surface area contributed by atoms with Crippen LogP contribution in [-0.2, 0) is 9.59 Å². The topological polar surface area (TPSA) is 71.0 Å². The van der Waals surface area contributed by atoms with E-state index in [0.717, 1.165) is 11.3 Å². The molecule has 6 nitrogen and oxygen atoms in total. The van der Waals surface area contributed by atoms with E-state index in [1.165, 1.54) is 35.4 Å². The first-order chi connectivity index (χ1) is 13.1. The van der Waals surface area contributed by atoms with Crippen molar-refractivity contribution < 1.29 is 18.7 Å². The van der Waals surface area contributed by atoms with Crippen LogP contribution in [0.15, 0.2) is 53.6 Å². The molecule has 0 unspecified atom stereocenters. The van der Waals surface area contributed by atoms with Crippen LogP contribution in [-0.4, -0.2) is 31.2 Å². The Balaban J connectivity index is 1.55. The Labute approximate surface area is 156 Å². The minimum absolute atomic E-state index is 0.0990. The Kier molecular flexibility index (Phi) is 5.80. The molecule has 27 heavy (non-hydrogen) atoms. The summed E-state index contributed by atoms with van der Waals surface area (Å²) in [4.78, 5) is 25.9. The number of benzene rings is 2. The second-order valence-corrected chi connectivity index (χ2v) is 6.12. The normalized spacial score (nSPS) is 16.7. The third-order valence-electron chi connectivity index (χ3n) is 4.21. The van der Waals surface area contributed by atoms with E-state index in [2.05, 4.69) is 10.5 Å². The van der Waals surface area contributed by atoms with Gasteiger partial charge in [0.25, 0.3) is 0 Å². The van der Waals surface area contributed by atoms with Crippen molar-refractivity contribution in [2.45, 2.75) is 13.3 Å². The number of hydrazone groups is 1. The van der Waals surface area contributed by atoms with Crippen LogP contribution in [0.25, 0.3) is 0 Å². The number of halogens is 1. The summed E-state index contributed by atoms with van der Waals surface area (Å²) < 4.78 is 18.4. The van der Waals surface area contributed by atoms with Gasteiger partial charge in [0.15, 0.2) is 0 Å². The number of nitrogens with zero attached hydrogens (tertiary/aromatic N) is 2. The van der Waals surface area contributed by atoms with Crippen LogP contribution in [0.5, 0.6) is 5.75 Å². The first-order valence-electron chi connectivity index (χ1n) is 8.68. The molecule has 0 spiro atoms. The van der Waals surface area contributed by atoms with Gasteiger partial charge in [-0.1, -0.05) is 0 Å². The van der Waals surface area contributed by atoms with Crippen molar-refractivity contribution in [3.63, 3.8) is 0 Å². The van der Waals surface area contributed by atoms with Crippen molar-refractivity contribution in [3.05, 3.63) is 59.9 Å². The average Bonchev–Trinajstić information content (AvgIpc) is 3.06. The zero-order valence-electron chi connectivity index (χ0n) is 14.9. The Morgan fingerprint density at radius 3 is 2.63 bits per heavy atom. The maximum atomic E-state index is 13.0. The molecule has 0 radical (unpaired) electrons. The standard InChI is InChI=1S/C20H20FN3O3/c1-2-27-18-9-3-14(4-10-18)12-22-23-20(26)15-11-19(25)24(13-15)17-7-5-16(21)6-8-17/h3-10,12,15H,2,11,13H2,1H3,(H,23,26)/b22-12-/t15-/m0/s1. The summed E-state index contributed by atoms with van der Waals surface area (Å²) in [5, 5.41) is 3.95. The molecule has 2 aromatic carbocycles. The van der Waals surface area contributed by atoms with Gasteiger partial charge >= 0.3 is 0 Å². The second-order valence-electron chi connectivity index (χ2n) is 6.12. The highest BCUT2D eigenvalue weighted by Gasteiger charge is 2.35. The monoisotopic (exact) mass is 369 g/mol. The van der Waals surface area contributed by atoms with Gasteiger partial charge < -0.3 is 9.64 Å². The van der Waals surface area contributed by atoms with Crippen LogP contribution < -0.4 is 15.1 Å². The lowest BCUT2D eigenvalue weighted by Gasteiger charge is -2.16. The number of carbonyl (C=O) groups excluding carboxylic acids is 2. The van der Waals surface area contributed by atoms with Gasteiger partial charge in [0.2, 0.25) is 11.8 Å². The van der Waals surface area contributed by atoms with Crippen molar-refractivity contribution in [3.8, 4) is 5.75 Å². The molecular weight excluding hydrogens is 349 g/mol. The third kappa shape index (κ3) is 4.69. The van der Waals surface area contributed by atoms with Gasteiger partial charge in [0.1, 0.15) is 11.6 Å². The molecule has 1 fully saturated rings. The van der Waals surface area contributed by atoms with Crippen LogP contribution >= 0.6 is 0 Å². The smallest absolute Gasteiger partial charge is 0.245 e. The molecule has 1 aliphatic rings. The fourth-order valence-corrected chi connectivity index (χ4v) is 2.83.